The Kier molecular flexibility index (Phi) is 2.91. The monoisotopic (exact) mass is 283 g/mol. The van der Waals surface area contributed by atoms with Crippen LogP contribution < -0.4 is 5.73 Å². The van der Waals surface area contributed by atoms with Crippen LogP contribution in [0.1, 0.15) is 55.1 Å². The van der Waals surface area contributed by atoms with Crippen molar-refractivity contribution in [1.82, 2.24) is 9.97 Å². The number of anilines is 1. The minimum absolute atomic E-state index is 0.0963. The van der Waals surface area contributed by atoms with Crippen LogP contribution in [0.4, 0.5) is 10.2 Å². The lowest BCUT2D eigenvalue weighted by atomic mass is 9.77. The lowest BCUT2D eigenvalue weighted by molar-refractivity contribution is 0.414. The Labute approximate surface area is 123 Å². The maximum Gasteiger partial charge on any atom is 0.141 e. The predicted octanol–water partition coefficient (Wildman–Crippen LogP) is 4.01. The minimum Gasteiger partial charge on any atom is -0.382 e. The summed E-state index contributed by atoms with van der Waals surface area (Å²) in [6, 6.07) is 3.96. The van der Waals surface area contributed by atoms with Gasteiger partial charge in [-0.25, -0.2) is 9.37 Å². The highest BCUT2D eigenvalue weighted by atomic mass is 19.1. The predicted molar refractivity (Wildman–Crippen MR) is 80.4 cm³/mol. The Morgan fingerprint density at radius 3 is 2.38 bits per heavy atom. The first-order valence-electron chi connectivity index (χ1n) is 7.64. The van der Waals surface area contributed by atoms with Crippen LogP contribution in [0, 0.1) is 5.82 Å². The second-order valence-electron chi connectivity index (χ2n) is 6.16. The molecule has 0 bridgehead atoms. The molecule has 1 aromatic carbocycles. The molecule has 0 atom stereocenters. The summed E-state index contributed by atoms with van der Waals surface area (Å²) in [5, 5.41) is 0. The molecule has 0 amide bonds. The van der Waals surface area contributed by atoms with Crippen LogP contribution in [0.15, 0.2) is 24.5 Å². The fourth-order valence-electron chi connectivity index (χ4n) is 3.14. The van der Waals surface area contributed by atoms with Crippen molar-refractivity contribution < 1.29 is 4.39 Å². The van der Waals surface area contributed by atoms with E-state index in [1.807, 2.05) is 6.07 Å². The number of benzene rings is 1. The summed E-state index contributed by atoms with van der Waals surface area (Å²) in [7, 11) is 0. The van der Waals surface area contributed by atoms with E-state index in [-0.39, 0.29) is 5.82 Å². The van der Waals surface area contributed by atoms with Crippen LogP contribution in [0.25, 0.3) is 11.3 Å². The molecule has 4 rings (SSSR count). The van der Waals surface area contributed by atoms with Crippen molar-refractivity contribution in [3.8, 4) is 11.3 Å². The SMILES string of the molecule is Nc1cnc(-c2ccc(C3CCC3)c(C3CC3)c2F)cn1. The van der Waals surface area contributed by atoms with E-state index >= 15 is 4.39 Å². The van der Waals surface area contributed by atoms with E-state index in [1.165, 1.54) is 31.0 Å². The molecule has 2 N–H and O–H groups in total. The van der Waals surface area contributed by atoms with E-state index in [0.717, 1.165) is 18.4 Å². The third-order valence-electron chi connectivity index (χ3n) is 4.69. The molecule has 108 valence electrons. The molecule has 3 nitrogen and oxygen atoms in total. The highest BCUT2D eigenvalue weighted by Crippen LogP contribution is 2.49. The summed E-state index contributed by atoms with van der Waals surface area (Å²) < 4.78 is 15.0. The van der Waals surface area contributed by atoms with Crippen LogP contribution in [-0.2, 0) is 0 Å². The summed E-state index contributed by atoms with van der Waals surface area (Å²) in [5.74, 6) is 1.22. The van der Waals surface area contributed by atoms with Crippen molar-refractivity contribution >= 4 is 5.82 Å². The zero-order chi connectivity index (χ0) is 14.4. The molecule has 2 aliphatic rings. The van der Waals surface area contributed by atoms with Crippen molar-refractivity contribution in [2.45, 2.75) is 43.9 Å². The fraction of sp³-hybridized carbons (Fsp3) is 0.412. The van der Waals surface area contributed by atoms with Gasteiger partial charge >= 0.3 is 0 Å². The molecule has 0 spiro atoms. The highest BCUT2D eigenvalue weighted by Gasteiger charge is 2.34. The lowest BCUT2D eigenvalue weighted by Gasteiger charge is -2.28. The van der Waals surface area contributed by atoms with Gasteiger partial charge in [-0.1, -0.05) is 12.5 Å². The van der Waals surface area contributed by atoms with Crippen LogP contribution in [0.5, 0.6) is 0 Å². The first kappa shape index (κ1) is 12.7. The minimum atomic E-state index is -0.0963. The normalized spacial score (nSPS) is 18.5. The summed E-state index contributed by atoms with van der Waals surface area (Å²) >= 11 is 0. The number of hydrogen-bond donors (Lipinski definition) is 1. The highest BCUT2D eigenvalue weighted by molar-refractivity contribution is 5.63. The van der Waals surface area contributed by atoms with E-state index in [0.29, 0.717) is 28.9 Å². The van der Waals surface area contributed by atoms with E-state index in [4.69, 9.17) is 5.73 Å². The summed E-state index contributed by atoms with van der Waals surface area (Å²) in [6.45, 7) is 0. The number of aromatic nitrogens is 2. The molecule has 0 saturated heterocycles. The molecule has 2 fully saturated rings. The number of halogens is 1. The van der Waals surface area contributed by atoms with Gasteiger partial charge in [0.15, 0.2) is 0 Å². The number of nitrogen functional groups attached to an aromatic ring is 1. The molecular weight excluding hydrogens is 265 g/mol. The van der Waals surface area contributed by atoms with Crippen molar-refractivity contribution in [3.63, 3.8) is 0 Å². The molecule has 2 aliphatic carbocycles. The zero-order valence-corrected chi connectivity index (χ0v) is 11.8. The molecule has 0 aliphatic heterocycles. The topological polar surface area (TPSA) is 51.8 Å². The molecule has 1 aromatic heterocycles. The standard InChI is InChI=1S/C17H18FN3/c18-17-13(14-8-21-15(19)9-20-14)7-6-12(10-2-1-3-10)16(17)11-4-5-11/h6-11H,1-5H2,(H2,19,21). The second-order valence-corrected chi connectivity index (χ2v) is 6.16. The maximum absolute atomic E-state index is 15.0. The van der Waals surface area contributed by atoms with Crippen LogP contribution >= 0.6 is 0 Å². The number of rotatable bonds is 3. The fourth-order valence-corrected chi connectivity index (χ4v) is 3.14. The second kappa shape index (κ2) is 4.79. The number of nitrogens with two attached hydrogens (primary N) is 1. The van der Waals surface area contributed by atoms with Gasteiger partial charge < -0.3 is 5.73 Å². The Bertz CT molecular complexity index is 673. The molecule has 0 radical (unpaired) electrons. The lowest BCUT2D eigenvalue weighted by Crippen LogP contribution is -2.12. The average Bonchev–Trinajstić information content (AvgIpc) is 3.23. The van der Waals surface area contributed by atoms with E-state index in [2.05, 4.69) is 16.0 Å². The Balaban J connectivity index is 1.81. The maximum atomic E-state index is 15.0. The van der Waals surface area contributed by atoms with Gasteiger partial charge in [0.05, 0.1) is 18.1 Å². The summed E-state index contributed by atoms with van der Waals surface area (Å²) in [6.07, 6.45) is 8.89. The largest absolute Gasteiger partial charge is 0.382 e. The molecule has 0 unspecified atom stereocenters. The van der Waals surface area contributed by atoms with Gasteiger partial charge in [0.1, 0.15) is 11.6 Å². The average molecular weight is 283 g/mol. The Hall–Kier alpha value is -1.97. The van der Waals surface area contributed by atoms with Crippen molar-refractivity contribution in [2.24, 2.45) is 0 Å². The molecule has 2 aromatic rings. The molecular formula is C17H18FN3. The van der Waals surface area contributed by atoms with Crippen LogP contribution in [0.3, 0.4) is 0 Å². The molecule has 2 saturated carbocycles. The number of nitrogens with zero attached hydrogens (tertiary/aromatic N) is 2. The molecule has 21 heavy (non-hydrogen) atoms. The van der Waals surface area contributed by atoms with Gasteiger partial charge in [0, 0.05) is 5.56 Å². The van der Waals surface area contributed by atoms with Crippen molar-refractivity contribution in [2.75, 3.05) is 5.73 Å². The van der Waals surface area contributed by atoms with Crippen LogP contribution in [0.2, 0.25) is 0 Å². The third kappa shape index (κ3) is 2.19. The van der Waals surface area contributed by atoms with Gasteiger partial charge in [-0.05, 0) is 54.7 Å². The van der Waals surface area contributed by atoms with Gasteiger partial charge in [0.2, 0.25) is 0 Å². The first-order valence-corrected chi connectivity index (χ1v) is 7.64. The quantitative estimate of drug-likeness (QED) is 0.926. The first-order chi connectivity index (χ1) is 10.2. The van der Waals surface area contributed by atoms with E-state index in [1.54, 1.807) is 6.20 Å². The van der Waals surface area contributed by atoms with Gasteiger partial charge in [-0.15, -0.1) is 0 Å². The summed E-state index contributed by atoms with van der Waals surface area (Å²) in [5.41, 5.74) is 8.83. The van der Waals surface area contributed by atoms with E-state index in [9.17, 15) is 0 Å². The van der Waals surface area contributed by atoms with Crippen molar-refractivity contribution in [1.29, 1.82) is 0 Å². The van der Waals surface area contributed by atoms with E-state index < -0.39 is 0 Å². The van der Waals surface area contributed by atoms with Crippen molar-refractivity contribution in [3.05, 3.63) is 41.5 Å². The summed E-state index contributed by atoms with van der Waals surface area (Å²) in [4.78, 5) is 8.23. The van der Waals surface area contributed by atoms with Gasteiger partial charge in [0.25, 0.3) is 0 Å². The smallest absolute Gasteiger partial charge is 0.141 e. The zero-order valence-electron chi connectivity index (χ0n) is 11.8. The number of hydrogen-bond acceptors (Lipinski definition) is 3. The third-order valence-corrected chi connectivity index (χ3v) is 4.69. The molecule has 1 heterocycles. The van der Waals surface area contributed by atoms with Crippen LogP contribution in [-0.4, -0.2) is 9.97 Å². The Morgan fingerprint density at radius 1 is 1.00 bits per heavy atom. The Morgan fingerprint density at radius 2 is 1.81 bits per heavy atom. The van der Waals surface area contributed by atoms with Gasteiger partial charge in [-0.2, -0.15) is 0 Å². The molecule has 4 heteroatoms. The van der Waals surface area contributed by atoms with Gasteiger partial charge in [-0.3, -0.25) is 4.98 Å².